The fraction of sp³-hybridized carbons (Fsp3) is 0.190. The summed E-state index contributed by atoms with van der Waals surface area (Å²) in [7, 11) is 0. The minimum absolute atomic E-state index is 0.0371. The second kappa shape index (κ2) is 7.84. The summed E-state index contributed by atoms with van der Waals surface area (Å²) in [6.45, 7) is 2.00. The molecule has 0 spiro atoms. The van der Waals surface area contributed by atoms with Crippen molar-refractivity contribution in [3.05, 3.63) is 82.8 Å². The van der Waals surface area contributed by atoms with Crippen molar-refractivity contribution < 1.29 is 14.2 Å². The lowest BCUT2D eigenvalue weighted by Crippen LogP contribution is -2.30. The number of hydrogen-bond acceptors (Lipinski definition) is 5. The van der Waals surface area contributed by atoms with Gasteiger partial charge >= 0.3 is 0 Å². The Morgan fingerprint density at radius 2 is 1.93 bits per heavy atom. The molecule has 2 aromatic carbocycles. The minimum Gasteiger partial charge on any atom is -0.491 e. The van der Waals surface area contributed by atoms with Crippen LogP contribution in [0.2, 0.25) is 0 Å². The first-order valence-corrected chi connectivity index (χ1v) is 9.08. The Kier molecular flexibility index (Phi) is 5.09. The van der Waals surface area contributed by atoms with Gasteiger partial charge in [0.2, 0.25) is 0 Å². The van der Waals surface area contributed by atoms with Crippen LogP contribution in [0.15, 0.2) is 65.8 Å². The molecule has 29 heavy (non-hydrogen) atoms. The van der Waals surface area contributed by atoms with Crippen molar-refractivity contribution >= 4 is 11.0 Å². The highest BCUT2D eigenvalue weighted by molar-refractivity contribution is 5.74. The molecule has 0 radical (unpaired) electrons. The van der Waals surface area contributed by atoms with Crippen molar-refractivity contribution in [1.29, 1.82) is 0 Å². The summed E-state index contributed by atoms with van der Waals surface area (Å²) in [6.07, 6.45) is 1.89. The Morgan fingerprint density at radius 1 is 1.17 bits per heavy atom. The fourth-order valence-corrected chi connectivity index (χ4v) is 3.03. The third-order valence-corrected chi connectivity index (χ3v) is 4.56. The largest absolute Gasteiger partial charge is 0.491 e. The Bertz CT molecular complexity index is 1200. The van der Waals surface area contributed by atoms with Gasteiger partial charge in [0.05, 0.1) is 18.4 Å². The lowest BCUT2D eigenvalue weighted by Gasteiger charge is -2.15. The minimum atomic E-state index is -0.890. The summed E-state index contributed by atoms with van der Waals surface area (Å²) < 4.78 is 21.6. The number of benzene rings is 2. The number of fused-ring (bicyclic) bond motifs is 1. The average Bonchev–Trinajstić information content (AvgIpc) is 3.15. The Balaban J connectivity index is 1.53. The normalized spacial score (nSPS) is 12.2. The summed E-state index contributed by atoms with van der Waals surface area (Å²) >= 11 is 0. The maximum Gasteiger partial charge on any atom is 0.264 e. The van der Waals surface area contributed by atoms with Crippen LogP contribution in [0.25, 0.3) is 16.7 Å². The zero-order chi connectivity index (χ0) is 20.4. The van der Waals surface area contributed by atoms with Crippen molar-refractivity contribution in [2.24, 2.45) is 0 Å². The first-order chi connectivity index (χ1) is 14.0. The number of aliphatic hydroxyl groups is 1. The number of nitrogens with zero attached hydrogens (tertiary/aromatic N) is 4. The zero-order valence-corrected chi connectivity index (χ0v) is 15.7. The third-order valence-electron chi connectivity index (χ3n) is 4.56. The fourth-order valence-electron chi connectivity index (χ4n) is 3.03. The molecule has 148 valence electrons. The molecule has 2 aromatic heterocycles. The molecule has 0 aliphatic heterocycles. The van der Waals surface area contributed by atoms with Crippen LogP contribution >= 0.6 is 0 Å². The molecule has 0 amide bonds. The zero-order valence-electron chi connectivity index (χ0n) is 15.7. The van der Waals surface area contributed by atoms with Crippen molar-refractivity contribution in [1.82, 2.24) is 19.3 Å². The topological polar surface area (TPSA) is 82.2 Å². The highest BCUT2D eigenvalue weighted by Gasteiger charge is 2.14. The van der Waals surface area contributed by atoms with Gasteiger partial charge < -0.3 is 9.84 Å². The van der Waals surface area contributed by atoms with Gasteiger partial charge in [-0.15, -0.1) is 0 Å². The van der Waals surface area contributed by atoms with E-state index in [-0.39, 0.29) is 24.5 Å². The summed E-state index contributed by atoms with van der Waals surface area (Å²) in [5.41, 5.74) is 1.60. The summed E-state index contributed by atoms with van der Waals surface area (Å²) in [6, 6.07) is 13.3. The number of aromatic nitrogens is 4. The molecule has 0 aliphatic carbocycles. The van der Waals surface area contributed by atoms with Crippen LogP contribution in [-0.4, -0.2) is 37.1 Å². The summed E-state index contributed by atoms with van der Waals surface area (Å²) in [5.74, 6) is 0.329. The average molecular weight is 394 g/mol. The number of aryl methyl sites for hydroxylation is 1. The SMILES string of the molecule is Cc1ccccc1OCC(O)Cn1cnc2c(cnn2-c2ccc(F)cc2)c1=O. The highest BCUT2D eigenvalue weighted by Crippen LogP contribution is 2.17. The van der Waals surface area contributed by atoms with E-state index in [0.717, 1.165) is 5.56 Å². The maximum absolute atomic E-state index is 13.1. The van der Waals surface area contributed by atoms with Crippen LogP contribution in [-0.2, 0) is 6.54 Å². The molecule has 0 bridgehead atoms. The number of hydrogen-bond donors (Lipinski definition) is 1. The Labute approximate surface area is 165 Å². The predicted octanol–water partition coefficient (Wildman–Crippen LogP) is 2.47. The maximum atomic E-state index is 13.1. The van der Waals surface area contributed by atoms with Gasteiger partial charge in [0, 0.05) is 0 Å². The third kappa shape index (κ3) is 3.88. The second-order valence-electron chi connectivity index (χ2n) is 6.70. The van der Waals surface area contributed by atoms with Crippen molar-refractivity contribution in [3.8, 4) is 11.4 Å². The van der Waals surface area contributed by atoms with Gasteiger partial charge in [-0.1, -0.05) is 18.2 Å². The molecule has 4 rings (SSSR count). The molecular formula is C21H19FN4O3. The number of rotatable bonds is 6. The van der Waals surface area contributed by atoms with E-state index < -0.39 is 6.10 Å². The van der Waals surface area contributed by atoms with Gasteiger partial charge in [-0.2, -0.15) is 5.10 Å². The van der Waals surface area contributed by atoms with Crippen LogP contribution < -0.4 is 10.3 Å². The van der Waals surface area contributed by atoms with Crippen molar-refractivity contribution in [2.75, 3.05) is 6.61 Å². The number of para-hydroxylation sites is 1. The van der Waals surface area contributed by atoms with Gasteiger partial charge in [-0.3, -0.25) is 9.36 Å². The first-order valence-electron chi connectivity index (χ1n) is 9.08. The molecule has 0 saturated carbocycles. The molecular weight excluding hydrogens is 375 g/mol. The van der Waals surface area contributed by atoms with Crippen LogP contribution in [0.4, 0.5) is 4.39 Å². The summed E-state index contributed by atoms with van der Waals surface area (Å²) in [5, 5.41) is 14.8. The quantitative estimate of drug-likeness (QED) is 0.543. The molecule has 0 fully saturated rings. The predicted molar refractivity (Wildman–Crippen MR) is 106 cm³/mol. The van der Waals surface area contributed by atoms with E-state index in [0.29, 0.717) is 22.5 Å². The summed E-state index contributed by atoms with van der Waals surface area (Å²) in [4.78, 5) is 17.1. The molecule has 1 atom stereocenters. The molecule has 0 aliphatic rings. The molecule has 1 unspecified atom stereocenters. The highest BCUT2D eigenvalue weighted by atomic mass is 19.1. The van der Waals surface area contributed by atoms with E-state index >= 15 is 0 Å². The molecule has 4 aromatic rings. The standard InChI is InChI=1S/C21H19FN4O3/c1-14-4-2-3-5-19(14)29-12-17(27)11-25-13-23-20-18(21(25)28)10-24-26(20)16-8-6-15(22)7-9-16/h2-10,13,17,27H,11-12H2,1H3. The van der Waals surface area contributed by atoms with Crippen LogP contribution in [0.5, 0.6) is 5.75 Å². The molecule has 2 heterocycles. The molecule has 0 saturated heterocycles. The van der Waals surface area contributed by atoms with E-state index in [4.69, 9.17) is 4.74 Å². The number of halogens is 1. The monoisotopic (exact) mass is 394 g/mol. The molecule has 8 heteroatoms. The number of aliphatic hydroxyl groups excluding tert-OH is 1. The van der Waals surface area contributed by atoms with E-state index in [1.54, 1.807) is 12.1 Å². The van der Waals surface area contributed by atoms with Gasteiger partial charge in [0.1, 0.15) is 36.0 Å². The Morgan fingerprint density at radius 3 is 2.69 bits per heavy atom. The Hall–Kier alpha value is -3.52. The lowest BCUT2D eigenvalue weighted by atomic mass is 10.2. The van der Waals surface area contributed by atoms with E-state index in [1.165, 1.54) is 33.9 Å². The van der Waals surface area contributed by atoms with Crippen LogP contribution in [0, 0.1) is 12.7 Å². The smallest absolute Gasteiger partial charge is 0.264 e. The molecule has 1 N–H and O–H groups in total. The lowest BCUT2D eigenvalue weighted by molar-refractivity contribution is 0.0911. The van der Waals surface area contributed by atoms with Crippen LogP contribution in [0.3, 0.4) is 0 Å². The van der Waals surface area contributed by atoms with Gasteiger partial charge in [0.25, 0.3) is 5.56 Å². The van der Waals surface area contributed by atoms with Gasteiger partial charge in [-0.05, 0) is 42.8 Å². The van der Waals surface area contributed by atoms with Gasteiger partial charge in [0.15, 0.2) is 5.65 Å². The first kappa shape index (κ1) is 18.8. The van der Waals surface area contributed by atoms with Crippen molar-refractivity contribution in [3.63, 3.8) is 0 Å². The van der Waals surface area contributed by atoms with E-state index in [1.807, 2.05) is 31.2 Å². The molecule has 7 nitrogen and oxygen atoms in total. The van der Waals surface area contributed by atoms with Crippen molar-refractivity contribution in [2.45, 2.75) is 19.6 Å². The second-order valence-corrected chi connectivity index (χ2v) is 6.70. The van der Waals surface area contributed by atoms with E-state index in [9.17, 15) is 14.3 Å². The van der Waals surface area contributed by atoms with E-state index in [2.05, 4.69) is 10.1 Å². The van der Waals surface area contributed by atoms with Gasteiger partial charge in [-0.25, -0.2) is 14.1 Å². The number of ether oxygens (including phenoxy) is 1. The van der Waals surface area contributed by atoms with Crippen LogP contribution in [0.1, 0.15) is 5.56 Å².